The first-order chi connectivity index (χ1) is 11.1. The first-order valence-corrected chi connectivity index (χ1v) is 7.16. The first kappa shape index (κ1) is 14.0. The Morgan fingerprint density at radius 1 is 1.30 bits per heavy atom. The van der Waals surface area contributed by atoms with Crippen LogP contribution in [0.2, 0.25) is 0 Å². The SMILES string of the molecule is O=C(c1cc(-c2ccc3c(c2)OCO3)n[nH]1)N1CC(O)(CO)C1. The summed E-state index contributed by atoms with van der Waals surface area (Å²) in [6, 6.07) is 7.09. The average molecular weight is 317 g/mol. The van der Waals surface area contributed by atoms with E-state index in [9.17, 15) is 9.90 Å². The van der Waals surface area contributed by atoms with E-state index in [-0.39, 0.29) is 32.4 Å². The summed E-state index contributed by atoms with van der Waals surface area (Å²) in [6.45, 7) is 0.0649. The molecule has 0 unspecified atom stereocenters. The van der Waals surface area contributed by atoms with Crippen molar-refractivity contribution in [2.24, 2.45) is 0 Å². The molecule has 2 aliphatic heterocycles. The number of carbonyl (C=O) groups is 1. The fourth-order valence-electron chi connectivity index (χ4n) is 2.71. The fourth-order valence-corrected chi connectivity index (χ4v) is 2.71. The number of nitrogens with zero attached hydrogens (tertiary/aromatic N) is 2. The Labute approximate surface area is 131 Å². The lowest BCUT2D eigenvalue weighted by atomic mass is 9.95. The second kappa shape index (κ2) is 4.97. The molecule has 0 aliphatic carbocycles. The first-order valence-electron chi connectivity index (χ1n) is 7.16. The molecule has 3 N–H and O–H groups in total. The number of benzene rings is 1. The average Bonchev–Trinajstić information content (AvgIpc) is 3.19. The maximum Gasteiger partial charge on any atom is 0.272 e. The molecule has 1 aromatic carbocycles. The molecule has 1 amide bonds. The van der Waals surface area contributed by atoms with Crippen molar-refractivity contribution in [1.82, 2.24) is 15.1 Å². The van der Waals surface area contributed by atoms with Gasteiger partial charge in [0.25, 0.3) is 5.91 Å². The van der Waals surface area contributed by atoms with Gasteiger partial charge in [0, 0.05) is 5.56 Å². The second-order valence-electron chi connectivity index (χ2n) is 5.78. The minimum absolute atomic E-state index is 0.112. The molecule has 0 saturated carbocycles. The zero-order chi connectivity index (χ0) is 16.0. The van der Waals surface area contributed by atoms with Gasteiger partial charge in [-0.15, -0.1) is 0 Å². The number of β-amino-alcohol motifs (C(OH)–C–C–N with tert-alkyl or cyclic N) is 1. The van der Waals surface area contributed by atoms with E-state index in [1.54, 1.807) is 18.2 Å². The van der Waals surface area contributed by atoms with Crippen LogP contribution in [-0.4, -0.2) is 63.3 Å². The molecule has 0 bridgehead atoms. The van der Waals surface area contributed by atoms with Crippen molar-refractivity contribution in [2.75, 3.05) is 26.5 Å². The molecule has 8 heteroatoms. The normalized spacial score (nSPS) is 17.9. The molecule has 2 aliphatic rings. The number of nitrogens with one attached hydrogen (secondary N) is 1. The number of aliphatic hydroxyl groups is 2. The highest BCUT2D eigenvalue weighted by atomic mass is 16.7. The van der Waals surface area contributed by atoms with Crippen molar-refractivity contribution >= 4 is 5.91 Å². The van der Waals surface area contributed by atoms with Gasteiger partial charge in [0.15, 0.2) is 11.5 Å². The molecular weight excluding hydrogens is 302 g/mol. The maximum atomic E-state index is 12.3. The van der Waals surface area contributed by atoms with Gasteiger partial charge < -0.3 is 24.6 Å². The smallest absolute Gasteiger partial charge is 0.272 e. The van der Waals surface area contributed by atoms with E-state index < -0.39 is 5.60 Å². The summed E-state index contributed by atoms with van der Waals surface area (Å²) in [7, 11) is 0. The maximum absolute atomic E-state index is 12.3. The van der Waals surface area contributed by atoms with Gasteiger partial charge in [-0.05, 0) is 24.3 Å². The summed E-state index contributed by atoms with van der Waals surface area (Å²) in [5.74, 6) is 1.07. The standard InChI is InChI=1S/C15H15N3O5/c19-7-15(21)5-18(6-15)14(20)11-4-10(16-17-11)9-1-2-12-13(3-9)23-8-22-12/h1-4,19,21H,5-8H2,(H,16,17). The van der Waals surface area contributed by atoms with Gasteiger partial charge in [0.1, 0.15) is 11.3 Å². The Kier molecular flexibility index (Phi) is 3.03. The number of aromatic nitrogens is 2. The van der Waals surface area contributed by atoms with E-state index in [1.165, 1.54) is 4.90 Å². The van der Waals surface area contributed by atoms with E-state index in [2.05, 4.69) is 10.2 Å². The number of amides is 1. The number of rotatable bonds is 3. The minimum Gasteiger partial charge on any atom is -0.454 e. The van der Waals surface area contributed by atoms with Crippen LogP contribution in [-0.2, 0) is 0 Å². The lowest BCUT2D eigenvalue weighted by Gasteiger charge is -2.44. The number of carbonyl (C=O) groups excluding carboxylic acids is 1. The number of H-pyrrole nitrogens is 1. The number of hydrogen-bond donors (Lipinski definition) is 3. The summed E-state index contributed by atoms with van der Waals surface area (Å²) < 4.78 is 10.6. The van der Waals surface area contributed by atoms with Gasteiger partial charge in [-0.3, -0.25) is 9.89 Å². The van der Waals surface area contributed by atoms with E-state index in [1.807, 2.05) is 6.07 Å². The number of likely N-dealkylation sites (tertiary alicyclic amines) is 1. The summed E-state index contributed by atoms with van der Waals surface area (Å²) in [5, 5.41) is 25.6. The number of hydrogen-bond acceptors (Lipinski definition) is 6. The Morgan fingerprint density at radius 2 is 2.09 bits per heavy atom. The van der Waals surface area contributed by atoms with Crippen molar-refractivity contribution in [3.8, 4) is 22.8 Å². The van der Waals surface area contributed by atoms with Crippen LogP contribution in [0.5, 0.6) is 11.5 Å². The number of aliphatic hydroxyl groups excluding tert-OH is 1. The molecule has 120 valence electrons. The lowest BCUT2D eigenvalue weighted by Crippen LogP contribution is -2.65. The van der Waals surface area contributed by atoms with Crippen molar-refractivity contribution in [3.05, 3.63) is 30.0 Å². The molecule has 1 aromatic heterocycles. The third-order valence-electron chi connectivity index (χ3n) is 4.03. The minimum atomic E-state index is -1.18. The Morgan fingerprint density at radius 3 is 2.87 bits per heavy atom. The van der Waals surface area contributed by atoms with E-state index >= 15 is 0 Å². The lowest BCUT2D eigenvalue weighted by molar-refractivity contribution is -0.110. The zero-order valence-electron chi connectivity index (χ0n) is 12.2. The summed E-state index contributed by atoms with van der Waals surface area (Å²) >= 11 is 0. The van der Waals surface area contributed by atoms with E-state index in [0.29, 0.717) is 22.9 Å². The van der Waals surface area contributed by atoms with Crippen molar-refractivity contribution in [1.29, 1.82) is 0 Å². The highest BCUT2D eigenvalue weighted by molar-refractivity contribution is 5.94. The van der Waals surface area contributed by atoms with E-state index in [0.717, 1.165) is 5.56 Å². The molecule has 2 aromatic rings. The van der Waals surface area contributed by atoms with Crippen LogP contribution < -0.4 is 9.47 Å². The summed E-state index contributed by atoms with van der Waals surface area (Å²) in [4.78, 5) is 13.7. The molecule has 1 saturated heterocycles. The third kappa shape index (κ3) is 2.32. The van der Waals surface area contributed by atoms with Crippen LogP contribution >= 0.6 is 0 Å². The quantitative estimate of drug-likeness (QED) is 0.734. The van der Waals surface area contributed by atoms with Gasteiger partial charge >= 0.3 is 0 Å². The number of aromatic amines is 1. The molecule has 4 rings (SSSR count). The molecule has 3 heterocycles. The third-order valence-corrected chi connectivity index (χ3v) is 4.03. The zero-order valence-corrected chi connectivity index (χ0v) is 12.2. The van der Waals surface area contributed by atoms with E-state index in [4.69, 9.17) is 14.6 Å². The molecule has 0 spiro atoms. The highest BCUT2D eigenvalue weighted by Gasteiger charge is 2.43. The Hall–Kier alpha value is -2.58. The summed E-state index contributed by atoms with van der Waals surface area (Å²) in [5.41, 5.74) is 0.567. The largest absolute Gasteiger partial charge is 0.454 e. The van der Waals surface area contributed by atoms with Gasteiger partial charge in [-0.2, -0.15) is 5.10 Å². The van der Waals surface area contributed by atoms with Crippen molar-refractivity contribution < 1.29 is 24.5 Å². The molecule has 1 fully saturated rings. The van der Waals surface area contributed by atoms with Crippen LogP contribution in [0.4, 0.5) is 0 Å². The molecule has 23 heavy (non-hydrogen) atoms. The molecule has 8 nitrogen and oxygen atoms in total. The van der Waals surface area contributed by atoms with Crippen molar-refractivity contribution in [2.45, 2.75) is 5.60 Å². The summed E-state index contributed by atoms with van der Waals surface area (Å²) in [6.07, 6.45) is 0. The Balaban J connectivity index is 1.52. The molecular formula is C15H15N3O5. The van der Waals surface area contributed by atoms with Crippen LogP contribution in [0, 0.1) is 0 Å². The second-order valence-corrected chi connectivity index (χ2v) is 5.78. The highest BCUT2D eigenvalue weighted by Crippen LogP contribution is 2.35. The fraction of sp³-hybridized carbons (Fsp3) is 0.333. The monoisotopic (exact) mass is 317 g/mol. The van der Waals surface area contributed by atoms with Gasteiger partial charge in [0.05, 0.1) is 25.4 Å². The topological polar surface area (TPSA) is 108 Å². The molecule has 0 radical (unpaired) electrons. The molecule has 0 atom stereocenters. The van der Waals surface area contributed by atoms with Crippen LogP contribution in [0.15, 0.2) is 24.3 Å². The van der Waals surface area contributed by atoms with Crippen LogP contribution in [0.1, 0.15) is 10.5 Å². The predicted molar refractivity (Wildman–Crippen MR) is 78.1 cm³/mol. The predicted octanol–water partition coefficient (Wildman–Crippen LogP) is -0.0154. The van der Waals surface area contributed by atoms with Crippen LogP contribution in [0.25, 0.3) is 11.3 Å². The van der Waals surface area contributed by atoms with Gasteiger partial charge in [0.2, 0.25) is 6.79 Å². The van der Waals surface area contributed by atoms with Crippen LogP contribution in [0.3, 0.4) is 0 Å². The Bertz CT molecular complexity index is 766. The van der Waals surface area contributed by atoms with Gasteiger partial charge in [-0.1, -0.05) is 0 Å². The number of ether oxygens (including phenoxy) is 2. The number of fused-ring (bicyclic) bond motifs is 1. The van der Waals surface area contributed by atoms with Crippen molar-refractivity contribution in [3.63, 3.8) is 0 Å². The van der Waals surface area contributed by atoms with Gasteiger partial charge in [-0.25, -0.2) is 0 Å².